The molecule has 0 aliphatic carbocycles. The molecule has 0 spiro atoms. The number of carbonyl (C=O) groups is 5. The predicted octanol–water partition coefficient (Wildman–Crippen LogP) is 3.11. The molecule has 0 unspecified atom stereocenters. The first-order valence-corrected chi connectivity index (χ1v) is 11.2. The summed E-state index contributed by atoms with van der Waals surface area (Å²) in [4.78, 5) is 63.5. The lowest BCUT2D eigenvalue weighted by molar-refractivity contribution is -0.123. The predicted molar refractivity (Wildman–Crippen MR) is 124 cm³/mol. The van der Waals surface area contributed by atoms with Crippen molar-refractivity contribution in [3.8, 4) is 0 Å². The van der Waals surface area contributed by atoms with Crippen molar-refractivity contribution in [3.05, 3.63) is 70.1 Å². The van der Waals surface area contributed by atoms with E-state index < -0.39 is 0 Å². The van der Waals surface area contributed by atoms with Gasteiger partial charge >= 0.3 is 0 Å². The third-order valence-electron chi connectivity index (χ3n) is 5.31. The van der Waals surface area contributed by atoms with Crippen molar-refractivity contribution >= 4 is 52.4 Å². The Bertz CT molecular complexity index is 1160. The summed E-state index contributed by atoms with van der Waals surface area (Å²) in [5.74, 6) is -1.29. The number of thioether (sulfide) groups is 1. The summed E-state index contributed by atoms with van der Waals surface area (Å²) in [5.41, 5.74) is 2.70. The fraction of sp³-hybridized carbons (Fsp3) is 0.208. The first-order chi connectivity index (χ1) is 15.8. The van der Waals surface area contributed by atoms with Gasteiger partial charge in [0.2, 0.25) is 11.8 Å². The summed E-state index contributed by atoms with van der Waals surface area (Å²) in [6.45, 7) is 2.12. The van der Waals surface area contributed by atoms with Crippen molar-refractivity contribution < 1.29 is 24.0 Å². The van der Waals surface area contributed by atoms with Gasteiger partial charge in [-0.05, 0) is 54.6 Å². The Morgan fingerprint density at radius 1 is 0.970 bits per heavy atom. The van der Waals surface area contributed by atoms with Crippen LogP contribution in [0.5, 0.6) is 0 Å². The second-order valence-corrected chi connectivity index (χ2v) is 8.66. The average Bonchev–Trinajstić information content (AvgIpc) is 3.27. The first kappa shape index (κ1) is 22.5. The molecule has 5 amide bonds. The van der Waals surface area contributed by atoms with Crippen LogP contribution < -0.4 is 10.2 Å². The van der Waals surface area contributed by atoms with Crippen LogP contribution in [0.2, 0.25) is 0 Å². The molecular weight excluding hydrogens is 442 g/mol. The van der Waals surface area contributed by atoms with Crippen molar-refractivity contribution in [1.82, 2.24) is 10.2 Å². The maximum atomic E-state index is 12.6. The van der Waals surface area contributed by atoms with E-state index in [0.29, 0.717) is 16.2 Å². The van der Waals surface area contributed by atoms with Gasteiger partial charge in [0.05, 0.1) is 10.6 Å². The molecule has 33 heavy (non-hydrogen) atoms. The number of hydrogen-bond donors (Lipinski definition) is 1. The lowest BCUT2D eigenvalue weighted by Crippen LogP contribution is -2.37. The Labute approximate surface area is 194 Å². The summed E-state index contributed by atoms with van der Waals surface area (Å²) < 4.78 is 0. The number of carbonyl (C=O) groups excluding carboxylic acids is 5. The van der Waals surface area contributed by atoms with Crippen LogP contribution in [-0.4, -0.2) is 46.9 Å². The van der Waals surface area contributed by atoms with Crippen molar-refractivity contribution in [3.63, 3.8) is 0 Å². The van der Waals surface area contributed by atoms with Crippen LogP contribution in [0.15, 0.2) is 53.4 Å². The summed E-state index contributed by atoms with van der Waals surface area (Å²) in [6.07, 6.45) is 2.06. The van der Waals surface area contributed by atoms with E-state index in [9.17, 15) is 24.0 Å². The van der Waals surface area contributed by atoms with Gasteiger partial charge in [-0.1, -0.05) is 29.8 Å². The van der Waals surface area contributed by atoms with Crippen LogP contribution in [0.1, 0.15) is 34.3 Å². The van der Waals surface area contributed by atoms with Crippen LogP contribution in [0, 0.1) is 6.92 Å². The molecule has 0 atom stereocenters. The minimum absolute atomic E-state index is 0.0521. The largest absolute Gasteiger partial charge is 0.350 e. The van der Waals surface area contributed by atoms with E-state index in [2.05, 4.69) is 5.32 Å². The monoisotopic (exact) mass is 463 g/mol. The standard InChI is InChI=1S/C24H21N3O5S/c1-15-2-4-16(5-3-15)14-19-23(31)26(24(32)33-19)13-12-25-22(30)17-6-8-18(9-7-17)27-20(28)10-11-21(27)29/h2-9,14H,10-13H2,1H3,(H,25,30)/b19-14-. The highest BCUT2D eigenvalue weighted by Gasteiger charge is 2.34. The Kier molecular flexibility index (Phi) is 6.41. The molecule has 2 aromatic rings. The molecule has 8 nitrogen and oxygen atoms in total. The summed E-state index contributed by atoms with van der Waals surface area (Å²) >= 11 is 0.876. The van der Waals surface area contributed by atoms with E-state index >= 15 is 0 Å². The number of rotatable bonds is 6. The van der Waals surface area contributed by atoms with Crippen LogP contribution in [0.3, 0.4) is 0 Å². The fourth-order valence-electron chi connectivity index (χ4n) is 3.52. The smallest absolute Gasteiger partial charge is 0.293 e. The number of hydrogen-bond acceptors (Lipinski definition) is 6. The molecule has 2 fully saturated rings. The van der Waals surface area contributed by atoms with Gasteiger partial charge in [-0.3, -0.25) is 33.8 Å². The Hall–Kier alpha value is -3.72. The van der Waals surface area contributed by atoms with E-state index in [1.807, 2.05) is 31.2 Å². The van der Waals surface area contributed by atoms with Crippen molar-refractivity contribution in [2.24, 2.45) is 0 Å². The molecule has 0 radical (unpaired) electrons. The zero-order valence-electron chi connectivity index (χ0n) is 17.9. The Morgan fingerprint density at radius 2 is 1.61 bits per heavy atom. The van der Waals surface area contributed by atoms with Gasteiger partial charge in [0.1, 0.15) is 0 Å². The number of imide groups is 2. The van der Waals surface area contributed by atoms with Gasteiger partial charge in [-0.15, -0.1) is 0 Å². The van der Waals surface area contributed by atoms with E-state index in [1.54, 1.807) is 18.2 Å². The van der Waals surface area contributed by atoms with E-state index in [4.69, 9.17) is 0 Å². The molecule has 2 aromatic carbocycles. The maximum absolute atomic E-state index is 12.6. The van der Waals surface area contributed by atoms with E-state index in [0.717, 1.165) is 32.7 Å². The molecule has 168 valence electrons. The van der Waals surface area contributed by atoms with Gasteiger partial charge in [0.25, 0.3) is 17.1 Å². The average molecular weight is 464 g/mol. The number of benzene rings is 2. The van der Waals surface area contributed by atoms with Gasteiger partial charge in [0, 0.05) is 31.5 Å². The van der Waals surface area contributed by atoms with Crippen LogP contribution in [0.25, 0.3) is 6.08 Å². The maximum Gasteiger partial charge on any atom is 0.293 e. The molecule has 0 aromatic heterocycles. The minimum atomic E-state index is -0.386. The molecule has 0 saturated carbocycles. The molecule has 2 aliphatic heterocycles. The topological polar surface area (TPSA) is 104 Å². The third-order valence-corrected chi connectivity index (χ3v) is 6.22. The third kappa shape index (κ3) is 4.88. The molecule has 2 heterocycles. The van der Waals surface area contributed by atoms with Gasteiger partial charge in [-0.25, -0.2) is 0 Å². The molecule has 1 N–H and O–H groups in total. The van der Waals surface area contributed by atoms with E-state index in [1.165, 1.54) is 12.1 Å². The highest BCUT2D eigenvalue weighted by molar-refractivity contribution is 8.18. The van der Waals surface area contributed by atoms with Crippen molar-refractivity contribution in [2.75, 3.05) is 18.0 Å². The van der Waals surface area contributed by atoms with Crippen molar-refractivity contribution in [1.29, 1.82) is 0 Å². The lowest BCUT2D eigenvalue weighted by Gasteiger charge is -2.15. The van der Waals surface area contributed by atoms with Gasteiger partial charge in [-0.2, -0.15) is 0 Å². The molecule has 2 aliphatic rings. The normalized spacial score (nSPS) is 17.4. The molecular formula is C24H21N3O5S. The van der Waals surface area contributed by atoms with Crippen molar-refractivity contribution in [2.45, 2.75) is 19.8 Å². The SMILES string of the molecule is Cc1ccc(/C=C2\SC(=O)N(CCNC(=O)c3ccc(N4C(=O)CCC4=O)cc3)C2=O)cc1. The Morgan fingerprint density at radius 3 is 2.24 bits per heavy atom. The number of nitrogens with one attached hydrogen (secondary N) is 1. The number of amides is 5. The summed E-state index contributed by atoms with van der Waals surface area (Å²) in [6, 6.07) is 13.7. The highest BCUT2D eigenvalue weighted by Crippen LogP contribution is 2.32. The number of anilines is 1. The lowest BCUT2D eigenvalue weighted by atomic mass is 10.1. The molecule has 4 rings (SSSR count). The summed E-state index contributed by atoms with van der Waals surface area (Å²) in [7, 11) is 0. The number of nitrogens with zero attached hydrogens (tertiary/aromatic N) is 2. The van der Waals surface area contributed by atoms with Gasteiger partial charge < -0.3 is 5.32 Å². The zero-order chi connectivity index (χ0) is 23.5. The zero-order valence-corrected chi connectivity index (χ0v) is 18.7. The van der Waals surface area contributed by atoms with Crippen LogP contribution >= 0.6 is 11.8 Å². The minimum Gasteiger partial charge on any atom is -0.350 e. The van der Waals surface area contributed by atoms with Crippen LogP contribution in [-0.2, 0) is 14.4 Å². The Balaban J connectivity index is 1.32. The van der Waals surface area contributed by atoms with Gasteiger partial charge in [0.15, 0.2) is 0 Å². The fourth-order valence-corrected chi connectivity index (χ4v) is 4.38. The second-order valence-electron chi connectivity index (χ2n) is 7.67. The molecule has 0 bridgehead atoms. The van der Waals surface area contributed by atoms with Crippen LogP contribution in [0.4, 0.5) is 10.5 Å². The quantitative estimate of drug-likeness (QED) is 0.522. The second kappa shape index (κ2) is 9.41. The number of aryl methyl sites for hydroxylation is 1. The van der Waals surface area contributed by atoms with E-state index in [-0.39, 0.29) is 54.8 Å². The molecule has 9 heteroatoms. The molecule has 2 saturated heterocycles. The summed E-state index contributed by atoms with van der Waals surface area (Å²) in [5, 5.41) is 2.31. The highest BCUT2D eigenvalue weighted by atomic mass is 32.2. The first-order valence-electron chi connectivity index (χ1n) is 10.4.